The van der Waals surface area contributed by atoms with Crippen LogP contribution >= 0.6 is 11.6 Å². The van der Waals surface area contributed by atoms with Crippen LogP contribution in [0.1, 0.15) is 29.6 Å². The molecule has 1 aromatic heterocycles. The van der Waals surface area contributed by atoms with Gasteiger partial charge in [-0.25, -0.2) is 4.98 Å². The molecule has 0 aliphatic carbocycles. The number of carboxylic acid groups (broad SMARTS) is 1. The lowest BCUT2D eigenvalue weighted by Crippen LogP contribution is -2.37. The Morgan fingerprint density at radius 3 is 2.90 bits per heavy atom. The molecule has 9 heteroatoms. The molecule has 8 nitrogen and oxygen atoms in total. The van der Waals surface area contributed by atoms with Crippen molar-refractivity contribution in [2.45, 2.75) is 25.3 Å². The summed E-state index contributed by atoms with van der Waals surface area (Å²) < 4.78 is 0. The van der Waals surface area contributed by atoms with Crippen molar-refractivity contribution in [1.82, 2.24) is 9.88 Å². The zero-order valence-corrected chi connectivity index (χ0v) is 11.6. The maximum absolute atomic E-state index is 12.4. The summed E-state index contributed by atoms with van der Waals surface area (Å²) in [5, 5.41) is 19.5. The van der Waals surface area contributed by atoms with Gasteiger partial charge in [0.05, 0.1) is 16.9 Å². The van der Waals surface area contributed by atoms with Crippen LogP contribution in [0, 0.1) is 10.1 Å². The Morgan fingerprint density at radius 2 is 2.29 bits per heavy atom. The van der Waals surface area contributed by atoms with E-state index in [9.17, 15) is 19.7 Å². The van der Waals surface area contributed by atoms with Gasteiger partial charge in [0.2, 0.25) is 0 Å². The van der Waals surface area contributed by atoms with E-state index in [1.165, 1.54) is 4.90 Å². The summed E-state index contributed by atoms with van der Waals surface area (Å²) >= 11 is 5.83. The first-order chi connectivity index (χ1) is 9.90. The summed E-state index contributed by atoms with van der Waals surface area (Å²) in [6.07, 6.45) is 2.07. The molecule has 0 saturated carbocycles. The number of nitro groups is 1. The lowest BCUT2D eigenvalue weighted by molar-refractivity contribution is -0.385. The van der Waals surface area contributed by atoms with E-state index in [-0.39, 0.29) is 22.8 Å². The predicted molar refractivity (Wildman–Crippen MR) is 72.2 cm³/mol. The number of hydrogen-bond acceptors (Lipinski definition) is 5. The van der Waals surface area contributed by atoms with Crippen molar-refractivity contribution in [3.63, 3.8) is 0 Å². The van der Waals surface area contributed by atoms with Crippen molar-refractivity contribution in [3.8, 4) is 0 Å². The Balaban J connectivity index is 2.28. The van der Waals surface area contributed by atoms with Crippen molar-refractivity contribution in [2.75, 3.05) is 6.54 Å². The molecule has 1 saturated heterocycles. The number of carbonyl (C=O) groups excluding carboxylic acids is 1. The van der Waals surface area contributed by atoms with Crippen molar-refractivity contribution >= 4 is 29.2 Å². The smallest absolute Gasteiger partial charge is 0.305 e. The number of rotatable bonds is 4. The number of carboxylic acids is 1. The Bertz CT molecular complexity index is 607. The topological polar surface area (TPSA) is 114 Å². The third-order valence-corrected chi connectivity index (χ3v) is 3.62. The van der Waals surface area contributed by atoms with Crippen LogP contribution in [0.4, 0.5) is 5.69 Å². The maximum atomic E-state index is 12.4. The second-order valence-corrected chi connectivity index (χ2v) is 5.04. The Morgan fingerprint density at radius 1 is 1.57 bits per heavy atom. The van der Waals surface area contributed by atoms with Crippen molar-refractivity contribution in [2.24, 2.45) is 0 Å². The Labute approximate surface area is 124 Å². The average Bonchev–Trinajstić information content (AvgIpc) is 2.85. The molecule has 21 heavy (non-hydrogen) atoms. The fourth-order valence-electron chi connectivity index (χ4n) is 2.36. The number of pyridine rings is 1. The number of hydrogen-bond donors (Lipinski definition) is 1. The van der Waals surface area contributed by atoms with Crippen LogP contribution < -0.4 is 0 Å². The lowest BCUT2D eigenvalue weighted by atomic mass is 10.1. The molecular weight excluding hydrogens is 302 g/mol. The lowest BCUT2D eigenvalue weighted by Gasteiger charge is -2.23. The molecule has 1 fully saturated rings. The van der Waals surface area contributed by atoms with E-state index in [1.54, 1.807) is 0 Å². The fourth-order valence-corrected chi connectivity index (χ4v) is 2.54. The minimum absolute atomic E-state index is 0.0804. The minimum atomic E-state index is -0.997. The summed E-state index contributed by atoms with van der Waals surface area (Å²) in [5.41, 5.74) is -0.417. The van der Waals surface area contributed by atoms with Crippen molar-refractivity contribution in [1.29, 1.82) is 0 Å². The molecule has 1 aliphatic rings. The molecule has 0 bridgehead atoms. The highest BCUT2D eigenvalue weighted by Crippen LogP contribution is 2.26. The van der Waals surface area contributed by atoms with Gasteiger partial charge >= 0.3 is 5.97 Å². The number of halogens is 1. The summed E-state index contributed by atoms with van der Waals surface area (Å²) in [4.78, 5) is 38.3. The van der Waals surface area contributed by atoms with Crippen LogP contribution in [0.3, 0.4) is 0 Å². The standard InChI is InChI=1S/C12H12ClN3O5/c13-11-9(4-8(6-14-11)16(20)21)12(19)15-3-1-2-7(15)5-10(17)18/h4,6-7H,1-3,5H2,(H,17,18). The van der Waals surface area contributed by atoms with Crippen molar-refractivity contribution < 1.29 is 19.6 Å². The van der Waals surface area contributed by atoms with E-state index >= 15 is 0 Å². The molecule has 1 N–H and O–H groups in total. The number of amides is 1. The van der Waals surface area contributed by atoms with Gasteiger partial charge in [-0.2, -0.15) is 0 Å². The number of likely N-dealkylation sites (tertiary alicyclic amines) is 1. The molecule has 0 aromatic carbocycles. The number of nitrogens with zero attached hydrogens (tertiary/aromatic N) is 3. The third kappa shape index (κ3) is 3.27. The van der Waals surface area contributed by atoms with Crippen molar-refractivity contribution in [3.05, 3.63) is 33.1 Å². The number of carbonyl (C=O) groups is 2. The highest BCUT2D eigenvalue weighted by Gasteiger charge is 2.32. The van der Waals surface area contributed by atoms with Gasteiger partial charge in [0.1, 0.15) is 11.3 Å². The van der Waals surface area contributed by atoms with E-state index in [2.05, 4.69) is 4.98 Å². The van der Waals surface area contributed by atoms with Crippen LogP contribution in [0.15, 0.2) is 12.3 Å². The zero-order chi connectivity index (χ0) is 15.6. The molecule has 1 unspecified atom stereocenters. The van der Waals surface area contributed by atoms with E-state index in [0.717, 1.165) is 12.3 Å². The Hall–Kier alpha value is -2.22. The fraction of sp³-hybridized carbons (Fsp3) is 0.417. The van der Waals surface area contributed by atoms with Gasteiger partial charge in [0.25, 0.3) is 11.6 Å². The van der Waals surface area contributed by atoms with Gasteiger partial charge < -0.3 is 10.0 Å². The van der Waals surface area contributed by atoms with E-state index < -0.39 is 22.8 Å². The molecule has 1 atom stereocenters. The zero-order valence-electron chi connectivity index (χ0n) is 10.9. The molecule has 1 amide bonds. The molecule has 2 rings (SSSR count). The first kappa shape index (κ1) is 15.2. The molecule has 1 aliphatic heterocycles. The molecule has 0 spiro atoms. The summed E-state index contributed by atoms with van der Waals surface area (Å²) in [7, 11) is 0. The summed E-state index contributed by atoms with van der Waals surface area (Å²) in [6.45, 7) is 0.399. The molecule has 2 heterocycles. The van der Waals surface area contributed by atoms with E-state index in [0.29, 0.717) is 19.4 Å². The van der Waals surface area contributed by atoms with Crippen LogP contribution in [-0.2, 0) is 4.79 Å². The third-order valence-electron chi connectivity index (χ3n) is 3.31. The van der Waals surface area contributed by atoms with Gasteiger partial charge in [0.15, 0.2) is 0 Å². The molecular formula is C12H12ClN3O5. The van der Waals surface area contributed by atoms with Crippen LogP contribution in [0.2, 0.25) is 5.15 Å². The highest BCUT2D eigenvalue weighted by atomic mass is 35.5. The second-order valence-electron chi connectivity index (χ2n) is 4.68. The number of aromatic nitrogens is 1. The molecule has 112 valence electrons. The highest BCUT2D eigenvalue weighted by molar-refractivity contribution is 6.32. The van der Waals surface area contributed by atoms with Gasteiger partial charge in [0, 0.05) is 18.7 Å². The Kier molecular flexibility index (Phi) is 4.37. The first-order valence-electron chi connectivity index (χ1n) is 6.23. The number of aliphatic carboxylic acids is 1. The quantitative estimate of drug-likeness (QED) is 0.514. The second kappa shape index (κ2) is 6.04. The monoisotopic (exact) mass is 313 g/mol. The van der Waals surface area contributed by atoms with Gasteiger partial charge in [-0.3, -0.25) is 19.7 Å². The SMILES string of the molecule is O=C(O)CC1CCCN1C(=O)c1cc([N+](=O)[O-])cnc1Cl. The summed E-state index contributed by atoms with van der Waals surface area (Å²) in [5.74, 6) is -1.53. The molecule has 1 aromatic rings. The van der Waals surface area contributed by atoms with Gasteiger partial charge in [-0.15, -0.1) is 0 Å². The maximum Gasteiger partial charge on any atom is 0.305 e. The van der Waals surface area contributed by atoms with Crippen LogP contribution in [0.25, 0.3) is 0 Å². The van der Waals surface area contributed by atoms with Crippen LogP contribution in [-0.4, -0.2) is 44.4 Å². The largest absolute Gasteiger partial charge is 0.481 e. The summed E-state index contributed by atoms with van der Waals surface area (Å²) in [6, 6.07) is 0.638. The van der Waals surface area contributed by atoms with E-state index in [1.807, 2.05) is 0 Å². The van der Waals surface area contributed by atoms with Gasteiger partial charge in [-0.1, -0.05) is 11.6 Å². The van der Waals surface area contributed by atoms with Gasteiger partial charge in [-0.05, 0) is 12.8 Å². The molecule has 0 radical (unpaired) electrons. The minimum Gasteiger partial charge on any atom is -0.481 e. The van der Waals surface area contributed by atoms with Crippen LogP contribution in [0.5, 0.6) is 0 Å². The average molecular weight is 314 g/mol. The van der Waals surface area contributed by atoms with E-state index in [4.69, 9.17) is 16.7 Å². The normalized spacial score (nSPS) is 17.8. The first-order valence-corrected chi connectivity index (χ1v) is 6.60. The predicted octanol–water partition coefficient (Wildman–Crippen LogP) is 1.72.